The van der Waals surface area contributed by atoms with Crippen molar-refractivity contribution in [3.8, 4) is 0 Å². The first-order valence-corrected chi connectivity index (χ1v) is 7.03. The maximum Gasteiger partial charge on any atom is 0.322 e. The summed E-state index contributed by atoms with van der Waals surface area (Å²) in [6.45, 7) is 1.84. The zero-order valence-electron chi connectivity index (χ0n) is 10.2. The summed E-state index contributed by atoms with van der Waals surface area (Å²) >= 11 is 0. The van der Waals surface area contributed by atoms with Gasteiger partial charge in [-0.25, -0.2) is 8.42 Å². The highest BCUT2D eigenvalue weighted by atomic mass is 32.2. The van der Waals surface area contributed by atoms with Crippen LogP contribution in [0.3, 0.4) is 0 Å². The molecule has 0 saturated carbocycles. The fraction of sp³-hybridized carbons (Fsp3) is 0.600. The van der Waals surface area contributed by atoms with E-state index in [1.807, 2.05) is 0 Å². The van der Waals surface area contributed by atoms with Crippen molar-refractivity contribution >= 4 is 16.0 Å². The minimum absolute atomic E-state index is 0.0816. The Balaban J connectivity index is 2.43. The number of aryl methyl sites for hydroxylation is 2. The van der Waals surface area contributed by atoms with E-state index in [1.54, 1.807) is 14.0 Å². The van der Waals surface area contributed by atoms with Crippen LogP contribution in [0, 0.1) is 6.92 Å². The maximum absolute atomic E-state index is 12.4. The number of nitrogens with zero attached hydrogens (tertiary/aromatic N) is 3. The molecule has 1 saturated heterocycles. The van der Waals surface area contributed by atoms with Gasteiger partial charge in [-0.1, -0.05) is 0 Å². The third kappa shape index (κ3) is 2.01. The van der Waals surface area contributed by atoms with E-state index < -0.39 is 22.0 Å². The molecule has 1 aromatic rings. The molecule has 0 bridgehead atoms. The Morgan fingerprint density at radius 1 is 1.56 bits per heavy atom. The van der Waals surface area contributed by atoms with Gasteiger partial charge in [-0.05, 0) is 19.8 Å². The van der Waals surface area contributed by atoms with Crippen LogP contribution in [0.5, 0.6) is 0 Å². The molecule has 0 amide bonds. The molecule has 1 N–H and O–H groups in total. The van der Waals surface area contributed by atoms with Gasteiger partial charge in [0.25, 0.3) is 0 Å². The van der Waals surface area contributed by atoms with E-state index in [4.69, 9.17) is 5.11 Å². The van der Waals surface area contributed by atoms with Gasteiger partial charge >= 0.3 is 5.97 Å². The topological polar surface area (TPSA) is 92.5 Å². The summed E-state index contributed by atoms with van der Waals surface area (Å²) in [5, 5.41) is 13.0. The quantitative estimate of drug-likeness (QED) is 0.834. The molecule has 0 radical (unpaired) electrons. The molecule has 100 valence electrons. The average molecular weight is 273 g/mol. The summed E-state index contributed by atoms with van der Waals surface area (Å²) in [4.78, 5) is 11.1. The van der Waals surface area contributed by atoms with Crippen molar-refractivity contribution in [1.82, 2.24) is 14.1 Å². The highest BCUT2D eigenvalue weighted by Gasteiger charge is 2.40. The van der Waals surface area contributed by atoms with Crippen molar-refractivity contribution in [2.24, 2.45) is 7.05 Å². The molecule has 7 nitrogen and oxygen atoms in total. The van der Waals surface area contributed by atoms with Gasteiger partial charge in [0.05, 0.1) is 5.69 Å². The first-order chi connectivity index (χ1) is 8.34. The minimum atomic E-state index is -3.77. The molecule has 1 fully saturated rings. The summed E-state index contributed by atoms with van der Waals surface area (Å²) in [6.07, 6.45) is 2.32. The lowest BCUT2D eigenvalue weighted by molar-refractivity contribution is -0.140. The normalized spacial score (nSPS) is 21.3. The molecule has 1 aliphatic heterocycles. The second kappa shape index (κ2) is 4.36. The second-order valence-electron chi connectivity index (χ2n) is 4.36. The summed E-state index contributed by atoms with van der Waals surface area (Å²) < 4.78 is 27.3. The summed E-state index contributed by atoms with van der Waals surface area (Å²) in [5.41, 5.74) is 0.383. The third-order valence-corrected chi connectivity index (χ3v) is 5.05. The molecule has 0 spiro atoms. The number of hydrogen-bond donors (Lipinski definition) is 1. The fourth-order valence-corrected chi connectivity index (χ4v) is 4.08. The van der Waals surface area contributed by atoms with E-state index in [1.165, 1.54) is 10.9 Å². The van der Waals surface area contributed by atoms with Crippen LogP contribution in [0.1, 0.15) is 18.5 Å². The van der Waals surface area contributed by atoms with Crippen LogP contribution in [-0.2, 0) is 21.9 Å². The zero-order chi connectivity index (χ0) is 13.5. The van der Waals surface area contributed by atoms with E-state index in [9.17, 15) is 13.2 Å². The van der Waals surface area contributed by atoms with E-state index >= 15 is 0 Å². The van der Waals surface area contributed by atoms with Crippen molar-refractivity contribution in [2.75, 3.05) is 6.54 Å². The Morgan fingerprint density at radius 3 is 2.72 bits per heavy atom. The lowest BCUT2D eigenvalue weighted by atomic mass is 10.2. The average Bonchev–Trinajstić information content (AvgIpc) is 2.84. The molecule has 18 heavy (non-hydrogen) atoms. The fourth-order valence-electron chi connectivity index (χ4n) is 2.23. The largest absolute Gasteiger partial charge is 0.480 e. The number of hydrogen-bond acceptors (Lipinski definition) is 4. The second-order valence-corrected chi connectivity index (χ2v) is 6.22. The van der Waals surface area contributed by atoms with Gasteiger partial charge in [-0.2, -0.15) is 9.40 Å². The number of aromatic nitrogens is 2. The summed E-state index contributed by atoms with van der Waals surface area (Å²) in [7, 11) is -2.14. The van der Waals surface area contributed by atoms with Crippen LogP contribution < -0.4 is 0 Å². The van der Waals surface area contributed by atoms with Crippen LogP contribution in [0.4, 0.5) is 0 Å². The Labute approximate surface area is 105 Å². The number of carbonyl (C=O) groups is 1. The Morgan fingerprint density at radius 2 is 2.22 bits per heavy atom. The maximum atomic E-state index is 12.4. The molecule has 1 atom stereocenters. The molecule has 1 aliphatic rings. The Hall–Kier alpha value is -1.41. The number of aliphatic carboxylic acids is 1. The van der Waals surface area contributed by atoms with E-state index in [-0.39, 0.29) is 11.4 Å². The molecule has 2 heterocycles. The molecule has 0 aromatic carbocycles. The van der Waals surface area contributed by atoms with Crippen LogP contribution in [0.25, 0.3) is 0 Å². The standard InChI is InChI=1S/C10H15N3O4S/c1-7-9(6-12(2)11-7)18(16,17)13-5-3-4-8(13)10(14)15/h6,8H,3-5H2,1-2H3,(H,14,15)/t8-/m0/s1. The molecular weight excluding hydrogens is 258 g/mol. The van der Waals surface area contributed by atoms with Crippen LogP contribution in [-0.4, -0.2) is 46.2 Å². The van der Waals surface area contributed by atoms with Gasteiger partial charge < -0.3 is 5.11 Å². The van der Waals surface area contributed by atoms with Crippen molar-refractivity contribution in [1.29, 1.82) is 0 Å². The van der Waals surface area contributed by atoms with Crippen LogP contribution in [0.2, 0.25) is 0 Å². The molecular formula is C10H15N3O4S. The number of rotatable bonds is 3. The van der Waals surface area contributed by atoms with Crippen molar-refractivity contribution in [3.63, 3.8) is 0 Å². The predicted octanol–water partition coefficient (Wildman–Crippen LogP) is -0.0338. The first-order valence-electron chi connectivity index (χ1n) is 5.59. The lowest BCUT2D eigenvalue weighted by Crippen LogP contribution is -2.40. The van der Waals surface area contributed by atoms with Crippen molar-refractivity contribution < 1.29 is 18.3 Å². The van der Waals surface area contributed by atoms with Gasteiger partial charge in [0, 0.05) is 19.8 Å². The van der Waals surface area contributed by atoms with Gasteiger partial charge in [0.1, 0.15) is 10.9 Å². The number of carboxylic acids is 1. The SMILES string of the molecule is Cc1nn(C)cc1S(=O)(=O)N1CCC[C@H]1C(=O)O. The zero-order valence-corrected chi connectivity index (χ0v) is 11.0. The number of carboxylic acid groups (broad SMARTS) is 1. The molecule has 2 rings (SSSR count). The van der Waals surface area contributed by atoms with Crippen LogP contribution >= 0.6 is 0 Å². The lowest BCUT2D eigenvalue weighted by Gasteiger charge is -2.20. The smallest absolute Gasteiger partial charge is 0.322 e. The highest BCUT2D eigenvalue weighted by Crippen LogP contribution is 2.27. The van der Waals surface area contributed by atoms with Gasteiger partial charge in [-0.3, -0.25) is 9.48 Å². The Kier molecular flexibility index (Phi) is 3.16. The molecule has 8 heteroatoms. The van der Waals surface area contributed by atoms with Gasteiger partial charge in [-0.15, -0.1) is 0 Å². The third-order valence-electron chi connectivity index (χ3n) is 3.04. The van der Waals surface area contributed by atoms with Crippen molar-refractivity contribution in [3.05, 3.63) is 11.9 Å². The van der Waals surface area contributed by atoms with E-state index in [0.29, 0.717) is 18.5 Å². The monoisotopic (exact) mass is 273 g/mol. The summed E-state index contributed by atoms with van der Waals surface area (Å²) in [5.74, 6) is -1.10. The Bertz CT molecular complexity index is 578. The molecule has 1 aromatic heterocycles. The molecule has 0 unspecified atom stereocenters. The highest BCUT2D eigenvalue weighted by molar-refractivity contribution is 7.89. The van der Waals surface area contributed by atoms with Gasteiger partial charge in [0.15, 0.2) is 0 Å². The van der Waals surface area contributed by atoms with E-state index in [2.05, 4.69) is 5.10 Å². The van der Waals surface area contributed by atoms with Crippen LogP contribution in [0.15, 0.2) is 11.1 Å². The minimum Gasteiger partial charge on any atom is -0.480 e. The van der Waals surface area contributed by atoms with E-state index in [0.717, 1.165) is 4.31 Å². The summed E-state index contributed by atoms with van der Waals surface area (Å²) in [6, 6.07) is -0.963. The predicted molar refractivity (Wildman–Crippen MR) is 62.5 cm³/mol. The number of sulfonamides is 1. The first kappa shape index (κ1) is 13.0. The van der Waals surface area contributed by atoms with Crippen molar-refractivity contribution in [2.45, 2.75) is 30.7 Å². The van der Waals surface area contributed by atoms with Gasteiger partial charge in [0.2, 0.25) is 10.0 Å². The molecule has 0 aliphatic carbocycles.